The molecule has 0 radical (unpaired) electrons. The predicted molar refractivity (Wildman–Crippen MR) is 129 cm³/mol. The summed E-state index contributed by atoms with van der Waals surface area (Å²) in [5.41, 5.74) is 3.62. The van der Waals surface area contributed by atoms with E-state index in [0.29, 0.717) is 23.5 Å². The Labute approximate surface area is 200 Å². The fraction of sp³-hybridized carbons (Fsp3) is 0.160. The summed E-state index contributed by atoms with van der Waals surface area (Å²) in [5.74, 6) is -0.361. The molecule has 0 fully saturated rings. The van der Waals surface area contributed by atoms with Gasteiger partial charge in [-0.1, -0.05) is 41.9 Å². The fourth-order valence-electron chi connectivity index (χ4n) is 3.38. The molecule has 0 saturated carbocycles. The molecule has 0 spiro atoms. The minimum atomic E-state index is -0.551. The van der Waals surface area contributed by atoms with Gasteiger partial charge in [-0.15, -0.1) is 0 Å². The molecular formula is C25H21ClN2O6. The summed E-state index contributed by atoms with van der Waals surface area (Å²) >= 11 is 6.31. The molecule has 8 nitrogen and oxygen atoms in total. The van der Waals surface area contributed by atoms with Crippen molar-refractivity contribution in [3.63, 3.8) is 0 Å². The number of hydrogen-bond donors (Lipinski definition) is 1. The third-order valence-electron chi connectivity index (χ3n) is 4.92. The van der Waals surface area contributed by atoms with Gasteiger partial charge in [-0.2, -0.15) is 5.10 Å². The standard InChI is InChI=1S/C25H21ClN2O6/c1-3-32-21-11-15(10-19(26)24(21)33-14-23(29)31-2)13-27-28-25(30)22-12-18-17-7-5-4-6-16(17)8-9-20(18)34-22/h4-13H,3,14H2,1-2H3,(H,28,30)/b27-13+. The maximum absolute atomic E-state index is 12.6. The molecule has 1 heterocycles. The molecule has 1 amide bonds. The normalized spacial score (nSPS) is 11.1. The molecule has 34 heavy (non-hydrogen) atoms. The molecule has 0 aliphatic carbocycles. The monoisotopic (exact) mass is 480 g/mol. The number of amides is 1. The Morgan fingerprint density at radius 1 is 1.09 bits per heavy atom. The van der Waals surface area contributed by atoms with Crippen LogP contribution in [0.15, 0.2) is 64.1 Å². The first-order valence-electron chi connectivity index (χ1n) is 10.4. The number of halogens is 1. The summed E-state index contributed by atoms with van der Waals surface area (Å²) < 4.78 is 21.3. The van der Waals surface area contributed by atoms with Crippen LogP contribution in [0.5, 0.6) is 11.5 Å². The number of carbonyl (C=O) groups is 2. The lowest BCUT2D eigenvalue weighted by Crippen LogP contribution is -2.16. The van der Waals surface area contributed by atoms with Crippen LogP contribution in [0.25, 0.3) is 21.7 Å². The number of methoxy groups -OCH3 is 1. The SMILES string of the molecule is CCOc1cc(/C=N/NC(=O)c2cc3c(ccc4ccccc43)o2)cc(Cl)c1OCC(=O)OC. The smallest absolute Gasteiger partial charge is 0.343 e. The molecule has 4 rings (SSSR count). The molecule has 0 unspecified atom stereocenters. The van der Waals surface area contributed by atoms with E-state index in [4.69, 9.17) is 25.5 Å². The van der Waals surface area contributed by atoms with Crippen molar-refractivity contribution < 1.29 is 28.2 Å². The Morgan fingerprint density at radius 3 is 2.71 bits per heavy atom. The highest BCUT2D eigenvalue weighted by Crippen LogP contribution is 2.36. The first-order valence-corrected chi connectivity index (χ1v) is 10.8. The van der Waals surface area contributed by atoms with E-state index in [2.05, 4.69) is 15.3 Å². The van der Waals surface area contributed by atoms with Crippen LogP contribution in [0.2, 0.25) is 5.02 Å². The maximum atomic E-state index is 12.6. The number of benzene rings is 3. The van der Waals surface area contributed by atoms with Gasteiger partial charge in [0.1, 0.15) is 5.58 Å². The predicted octanol–water partition coefficient (Wildman–Crippen LogP) is 4.95. The van der Waals surface area contributed by atoms with Crippen molar-refractivity contribution in [2.45, 2.75) is 6.92 Å². The Bertz CT molecular complexity index is 1400. The minimum absolute atomic E-state index is 0.142. The number of nitrogens with one attached hydrogen (secondary N) is 1. The number of rotatable bonds is 8. The van der Waals surface area contributed by atoms with Gasteiger partial charge in [-0.05, 0) is 47.5 Å². The van der Waals surface area contributed by atoms with Gasteiger partial charge in [0.15, 0.2) is 23.9 Å². The Kier molecular flexibility index (Phi) is 6.98. The molecular weight excluding hydrogens is 460 g/mol. The number of esters is 1. The first-order chi connectivity index (χ1) is 16.5. The summed E-state index contributed by atoms with van der Waals surface area (Å²) in [6.07, 6.45) is 1.41. The van der Waals surface area contributed by atoms with Crippen molar-refractivity contribution >= 4 is 51.4 Å². The highest BCUT2D eigenvalue weighted by molar-refractivity contribution is 6.32. The maximum Gasteiger partial charge on any atom is 0.343 e. The van der Waals surface area contributed by atoms with E-state index in [-0.39, 0.29) is 23.1 Å². The van der Waals surface area contributed by atoms with Gasteiger partial charge in [0.05, 0.1) is 25.0 Å². The van der Waals surface area contributed by atoms with Crippen LogP contribution >= 0.6 is 11.6 Å². The van der Waals surface area contributed by atoms with Gasteiger partial charge in [0.2, 0.25) is 0 Å². The largest absolute Gasteiger partial charge is 0.490 e. The zero-order chi connectivity index (χ0) is 24.1. The van der Waals surface area contributed by atoms with Crippen molar-refractivity contribution in [3.8, 4) is 11.5 Å². The Morgan fingerprint density at radius 2 is 1.91 bits per heavy atom. The first kappa shape index (κ1) is 23.1. The molecule has 4 aromatic rings. The Hall–Kier alpha value is -4.04. The molecule has 0 aliphatic rings. The number of carbonyl (C=O) groups excluding carboxylic acids is 2. The van der Waals surface area contributed by atoms with Crippen LogP contribution in [-0.2, 0) is 9.53 Å². The molecule has 0 atom stereocenters. The summed E-state index contributed by atoms with van der Waals surface area (Å²) in [6, 6.07) is 16.5. The second-order valence-electron chi connectivity index (χ2n) is 7.14. The third-order valence-corrected chi connectivity index (χ3v) is 5.20. The van der Waals surface area contributed by atoms with Crippen LogP contribution in [0.3, 0.4) is 0 Å². The fourth-order valence-corrected chi connectivity index (χ4v) is 3.65. The number of nitrogens with zero attached hydrogens (tertiary/aromatic N) is 1. The second kappa shape index (κ2) is 10.3. The lowest BCUT2D eigenvalue weighted by molar-refractivity contribution is -0.142. The van der Waals surface area contributed by atoms with Crippen molar-refractivity contribution in [1.29, 1.82) is 0 Å². The number of fused-ring (bicyclic) bond motifs is 3. The lowest BCUT2D eigenvalue weighted by Gasteiger charge is -2.13. The summed E-state index contributed by atoms with van der Waals surface area (Å²) in [6.45, 7) is 1.84. The van der Waals surface area contributed by atoms with Gasteiger partial charge in [-0.3, -0.25) is 4.79 Å². The molecule has 174 valence electrons. The van der Waals surface area contributed by atoms with E-state index in [1.807, 2.05) is 36.4 Å². The van der Waals surface area contributed by atoms with Gasteiger partial charge in [0, 0.05) is 5.39 Å². The molecule has 0 aliphatic heterocycles. The number of hydrazone groups is 1. The molecule has 9 heteroatoms. The third kappa shape index (κ3) is 4.97. The zero-order valence-corrected chi connectivity index (χ0v) is 19.2. The second-order valence-corrected chi connectivity index (χ2v) is 7.54. The lowest BCUT2D eigenvalue weighted by atomic mass is 10.1. The van der Waals surface area contributed by atoms with E-state index in [1.165, 1.54) is 13.3 Å². The van der Waals surface area contributed by atoms with Crippen molar-refractivity contribution in [1.82, 2.24) is 5.43 Å². The highest BCUT2D eigenvalue weighted by atomic mass is 35.5. The number of hydrogen-bond acceptors (Lipinski definition) is 7. The summed E-state index contributed by atoms with van der Waals surface area (Å²) in [7, 11) is 1.26. The van der Waals surface area contributed by atoms with E-state index < -0.39 is 11.9 Å². The van der Waals surface area contributed by atoms with E-state index in [0.717, 1.165) is 16.2 Å². The van der Waals surface area contributed by atoms with Crippen molar-refractivity contribution in [2.75, 3.05) is 20.3 Å². The van der Waals surface area contributed by atoms with E-state index in [1.54, 1.807) is 25.1 Å². The van der Waals surface area contributed by atoms with Crippen molar-refractivity contribution in [2.24, 2.45) is 5.10 Å². The van der Waals surface area contributed by atoms with Gasteiger partial charge >= 0.3 is 11.9 Å². The molecule has 1 aromatic heterocycles. The van der Waals surface area contributed by atoms with Crippen molar-refractivity contribution in [3.05, 3.63) is 70.9 Å². The van der Waals surface area contributed by atoms with Crippen LogP contribution in [0.4, 0.5) is 0 Å². The number of ether oxygens (including phenoxy) is 3. The minimum Gasteiger partial charge on any atom is -0.490 e. The van der Waals surface area contributed by atoms with Gasteiger partial charge in [-0.25, -0.2) is 10.2 Å². The van der Waals surface area contributed by atoms with Gasteiger partial charge in [0.25, 0.3) is 0 Å². The number of furan rings is 1. The van der Waals surface area contributed by atoms with Crippen LogP contribution in [0.1, 0.15) is 23.0 Å². The van der Waals surface area contributed by atoms with Crippen LogP contribution in [0, 0.1) is 0 Å². The summed E-state index contributed by atoms with van der Waals surface area (Å²) in [4.78, 5) is 24.0. The van der Waals surface area contributed by atoms with E-state index >= 15 is 0 Å². The Balaban J connectivity index is 1.50. The highest BCUT2D eigenvalue weighted by Gasteiger charge is 2.15. The summed E-state index contributed by atoms with van der Waals surface area (Å²) in [5, 5.41) is 7.12. The quantitative estimate of drug-likeness (QED) is 0.217. The molecule has 0 saturated heterocycles. The van der Waals surface area contributed by atoms with Gasteiger partial charge < -0.3 is 18.6 Å². The average molecular weight is 481 g/mol. The van der Waals surface area contributed by atoms with E-state index in [9.17, 15) is 9.59 Å². The molecule has 0 bridgehead atoms. The molecule has 1 N–H and O–H groups in total. The van der Waals surface area contributed by atoms with Crippen LogP contribution < -0.4 is 14.9 Å². The van der Waals surface area contributed by atoms with Crippen LogP contribution in [-0.4, -0.2) is 38.4 Å². The topological polar surface area (TPSA) is 99.4 Å². The zero-order valence-electron chi connectivity index (χ0n) is 18.5. The average Bonchev–Trinajstić information content (AvgIpc) is 3.28. The molecule has 3 aromatic carbocycles.